The van der Waals surface area contributed by atoms with E-state index in [9.17, 15) is 0 Å². The SMILES string of the molecule is CC(C)CNCC1(CCc2ccsc2)CCOC1C. The van der Waals surface area contributed by atoms with E-state index in [0.717, 1.165) is 19.7 Å². The summed E-state index contributed by atoms with van der Waals surface area (Å²) in [7, 11) is 0. The largest absolute Gasteiger partial charge is 0.378 e. The fourth-order valence-corrected chi connectivity index (χ4v) is 3.61. The molecule has 3 heteroatoms. The minimum atomic E-state index is 0.330. The Labute approximate surface area is 121 Å². The van der Waals surface area contributed by atoms with E-state index in [4.69, 9.17) is 4.74 Å². The molecule has 2 heterocycles. The van der Waals surface area contributed by atoms with Crippen molar-refractivity contribution >= 4 is 11.3 Å². The fourth-order valence-electron chi connectivity index (χ4n) is 2.91. The molecule has 1 aliphatic rings. The highest BCUT2D eigenvalue weighted by Crippen LogP contribution is 2.38. The van der Waals surface area contributed by atoms with Crippen molar-refractivity contribution in [1.29, 1.82) is 0 Å². The zero-order valence-corrected chi connectivity index (χ0v) is 13.3. The van der Waals surface area contributed by atoms with Gasteiger partial charge in [-0.05, 0) is 61.0 Å². The molecular formula is C16H27NOS. The quantitative estimate of drug-likeness (QED) is 0.822. The van der Waals surface area contributed by atoms with Gasteiger partial charge in [0.2, 0.25) is 0 Å². The van der Waals surface area contributed by atoms with E-state index in [1.807, 2.05) is 0 Å². The minimum absolute atomic E-state index is 0.330. The van der Waals surface area contributed by atoms with E-state index >= 15 is 0 Å². The Bertz CT molecular complexity index is 363. The fraction of sp³-hybridized carbons (Fsp3) is 0.750. The van der Waals surface area contributed by atoms with Crippen LogP contribution in [0.1, 0.15) is 39.2 Å². The molecule has 2 atom stereocenters. The molecule has 1 aromatic rings. The van der Waals surface area contributed by atoms with Gasteiger partial charge in [-0.1, -0.05) is 13.8 Å². The summed E-state index contributed by atoms with van der Waals surface area (Å²) >= 11 is 1.80. The van der Waals surface area contributed by atoms with Crippen LogP contribution >= 0.6 is 11.3 Å². The monoisotopic (exact) mass is 281 g/mol. The smallest absolute Gasteiger partial charge is 0.0616 e. The Hall–Kier alpha value is -0.380. The van der Waals surface area contributed by atoms with E-state index in [1.165, 1.54) is 24.8 Å². The maximum absolute atomic E-state index is 5.86. The van der Waals surface area contributed by atoms with Crippen molar-refractivity contribution in [1.82, 2.24) is 5.32 Å². The maximum Gasteiger partial charge on any atom is 0.0616 e. The Morgan fingerprint density at radius 3 is 2.95 bits per heavy atom. The molecule has 1 saturated heterocycles. The highest BCUT2D eigenvalue weighted by Gasteiger charge is 2.40. The number of ether oxygens (including phenoxy) is 1. The molecule has 19 heavy (non-hydrogen) atoms. The first kappa shape index (κ1) is 15.0. The third kappa shape index (κ3) is 4.04. The molecule has 0 aromatic carbocycles. The Morgan fingerprint density at radius 2 is 2.37 bits per heavy atom. The van der Waals surface area contributed by atoms with Gasteiger partial charge in [-0.25, -0.2) is 0 Å². The predicted molar refractivity (Wildman–Crippen MR) is 82.8 cm³/mol. The molecular weight excluding hydrogens is 254 g/mol. The Morgan fingerprint density at radius 1 is 1.53 bits per heavy atom. The van der Waals surface area contributed by atoms with Crippen molar-refractivity contribution in [3.05, 3.63) is 22.4 Å². The second-order valence-corrected chi connectivity index (χ2v) is 7.06. The third-order valence-electron chi connectivity index (χ3n) is 4.35. The van der Waals surface area contributed by atoms with Gasteiger partial charge in [0.1, 0.15) is 0 Å². The zero-order chi connectivity index (χ0) is 13.7. The molecule has 1 aromatic heterocycles. The topological polar surface area (TPSA) is 21.3 Å². The average molecular weight is 281 g/mol. The van der Waals surface area contributed by atoms with Gasteiger partial charge in [-0.15, -0.1) is 0 Å². The number of nitrogens with one attached hydrogen (secondary N) is 1. The van der Waals surface area contributed by atoms with Gasteiger partial charge >= 0.3 is 0 Å². The maximum atomic E-state index is 5.86. The van der Waals surface area contributed by atoms with E-state index in [-0.39, 0.29) is 0 Å². The molecule has 1 N–H and O–H groups in total. The van der Waals surface area contributed by atoms with Crippen LogP contribution < -0.4 is 5.32 Å². The summed E-state index contributed by atoms with van der Waals surface area (Å²) in [4.78, 5) is 0. The lowest BCUT2D eigenvalue weighted by molar-refractivity contribution is 0.0583. The molecule has 1 aliphatic heterocycles. The molecule has 0 spiro atoms. The summed E-state index contributed by atoms with van der Waals surface area (Å²) in [6, 6.07) is 2.25. The molecule has 0 radical (unpaired) electrons. The average Bonchev–Trinajstić information content (AvgIpc) is 2.98. The second-order valence-electron chi connectivity index (χ2n) is 6.28. The van der Waals surface area contributed by atoms with Crippen LogP contribution in [0.4, 0.5) is 0 Å². The van der Waals surface area contributed by atoms with Crippen molar-refractivity contribution in [2.45, 2.75) is 46.1 Å². The normalized spacial score (nSPS) is 27.3. The number of hydrogen-bond acceptors (Lipinski definition) is 3. The Kier molecular flexibility index (Phi) is 5.43. The highest BCUT2D eigenvalue weighted by atomic mass is 32.1. The van der Waals surface area contributed by atoms with Crippen molar-refractivity contribution in [2.24, 2.45) is 11.3 Å². The Balaban J connectivity index is 1.90. The molecule has 0 amide bonds. The molecule has 0 bridgehead atoms. The van der Waals surface area contributed by atoms with E-state index in [2.05, 4.69) is 42.9 Å². The molecule has 2 nitrogen and oxygen atoms in total. The summed E-state index contributed by atoms with van der Waals surface area (Å²) < 4.78 is 5.86. The van der Waals surface area contributed by atoms with Crippen molar-refractivity contribution in [3.8, 4) is 0 Å². The van der Waals surface area contributed by atoms with Gasteiger partial charge in [0.25, 0.3) is 0 Å². The van der Waals surface area contributed by atoms with Gasteiger partial charge in [-0.2, -0.15) is 11.3 Å². The summed E-state index contributed by atoms with van der Waals surface area (Å²) in [5, 5.41) is 8.10. The second kappa shape index (κ2) is 6.87. The number of thiophene rings is 1. The molecule has 108 valence electrons. The molecule has 1 fully saturated rings. The van der Waals surface area contributed by atoms with Gasteiger partial charge in [0.15, 0.2) is 0 Å². The summed E-state index contributed by atoms with van der Waals surface area (Å²) in [6.07, 6.45) is 3.99. The van der Waals surface area contributed by atoms with Gasteiger partial charge in [-0.3, -0.25) is 0 Å². The van der Waals surface area contributed by atoms with Crippen LogP contribution in [0.25, 0.3) is 0 Å². The van der Waals surface area contributed by atoms with Gasteiger partial charge < -0.3 is 10.1 Å². The number of hydrogen-bond donors (Lipinski definition) is 1. The van der Waals surface area contributed by atoms with Crippen molar-refractivity contribution < 1.29 is 4.74 Å². The standard InChI is InChI=1S/C16H27NOS/c1-13(2)10-17-12-16(7-8-18-14(16)3)6-4-15-5-9-19-11-15/h5,9,11,13-14,17H,4,6-8,10,12H2,1-3H3. The van der Waals surface area contributed by atoms with Gasteiger partial charge in [0, 0.05) is 18.6 Å². The van der Waals surface area contributed by atoms with Crippen LogP contribution in [-0.4, -0.2) is 25.8 Å². The summed E-state index contributed by atoms with van der Waals surface area (Å²) in [6.45, 7) is 9.90. The third-order valence-corrected chi connectivity index (χ3v) is 5.08. The minimum Gasteiger partial charge on any atom is -0.378 e. The predicted octanol–water partition coefficient (Wildman–Crippen LogP) is 3.72. The van der Waals surface area contributed by atoms with Gasteiger partial charge in [0.05, 0.1) is 6.10 Å². The van der Waals surface area contributed by atoms with Crippen LogP contribution in [0.5, 0.6) is 0 Å². The first-order chi connectivity index (χ1) is 9.12. The van der Waals surface area contributed by atoms with Crippen LogP contribution in [0.3, 0.4) is 0 Å². The van der Waals surface area contributed by atoms with Crippen molar-refractivity contribution in [3.63, 3.8) is 0 Å². The first-order valence-corrected chi connectivity index (χ1v) is 8.40. The number of rotatable bonds is 7. The number of aryl methyl sites for hydroxylation is 1. The summed E-state index contributed by atoms with van der Waals surface area (Å²) in [5.74, 6) is 0.714. The van der Waals surface area contributed by atoms with Crippen LogP contribution in [0, 0.1) is 11.3 Å². The lowest BCUT2D eigenvalue weighted by Gasteiger charge is -2.33. The lowest BCUT2D eigenvalue weighted by atomic mass is 9.76. The van der Waals surface area contributed by atoms with E-state index in [1.54, 1.807) is 11.3 Å². The zero-order valence-electron chi connectivity index (χ0n) is 12.4. The van der Waals surface area contributed by atoms with Crippen LogP contribution in [0.2, 0.25) is 0 Å². The van der Waals surface area contributed by atoms with E-state index < -0.39 is 0 Å². The highest BCUT2D eigenvalue weighted by molar-refractivity contribution is 7.07. The molecule has 2 unspecified atom stereocenters. The van der Waals surface area contributed by atoms with Crippen molar-refractivity contribution in [2.75, 3.05) is 19.7 Å². The molecule has 0 saturated carbocycles. The van der Waals surface area contributed by atoms with Crippen LogP contribution in [-0.2, 0) is 11.2 Å². The molecule has 0 aliphatic carbocycles. The van der Waals surface area contributed by atoms with Crippen LogP contribution in [0.15, 0.2) is 16.8 Å². The summed E-state index contributed by atoms with van der Waals surface area (Å²) in [5.41, 5.74) is 1.81. The molecule has 2 rings (SSSR count). The first-order valence-electron chi connectivity index (χ1n) is 7.46. The lowest BCUT2D eigenvalue weighted by Crippen LogP contribution is -2.41. The van der Waals surface area contributed by atoms with E-state index in [0.29, 0.717) is 17.4 Å².